The third-order valence-corrected chi connectivity index (χ3v) is 5.47. The molecule has 2 N–H and O–H groups in total. The number of hydrogen-bond donors (Lipinski definition) is 2. The first kappa shape index (κ1) is 21.7. The van der Waals surface area contributed by atoms with E-state index in [0.717, 1.165) is 43.2 Å². The minimum Gasteiger partial charge on any atom is -0.480 e. The molecule has 1 saturated heterocycles. The second kappa shape index (κ2) is 10.1. The van der Waals surface area contributed by atoms with Crippen molar-refractivity contribution < 1.29 is 9.84 Å². The summed E-state index contributed by atoms with van der Waals surface area (Å²) >= 11 is 3.38. The summed E-state index contributed by atoms with van der Waals surface area (Å²) in [6.45, 7) is 10.5. The fourth-order valence-corrected chi connectivity index (χ4v) is 3.23. The molecule has 1 aliphatic heterocycles. The van der Waals surface area contributed by atoms with Gasteiger partial charge in [-0.15, -0.1) is 0 Å². The van der Waals surface area contributed by atoms with Crippen molar-refractivity contribution in [3.8, 4) is 5.88 Å². The highest BCUT2D eigenvalue weighted by atomic mass is 79.9. The van der Waals surface area contributed by atoms with E-state index in [0.29, 0.717) is 31.2 Å². The maximum Gasteiger partial charge on any atom is 0.232 e. The maximum absolute atomic E-state index is 10.5. The Kier molecular flexibility index (Phi) is 8.09. The van der Waals surface area contributed by atoms with Crippen molar-refractivity contribution >= 4 is 27.8 Å². The van der Waals surface area contributed by atoms with Crippen LogP contribution in [0.1, 0.15) is 33.6 Å². The van der Waals surface area contributed by atoms with Gasteiger partial charge >= 0.3 is 0 Å². The molecule has 8 nitrogen and oxygen atoms in total. The van der Waals surface area contributed by atoms with Gasteiger partial charge < -0.3 is 25.0 Å². The van der Waals surface area contributed by atoms with Crippen LogP contribution in [-0.2, 0) is 0 Å². The fraction of sp³-hybridized carbons (Fsp3) is 0.722. The van der Waals surface area contributed by atoms with E-state index in [2.05, 4.69) is 47.9 Å². The monoisotopic (exact) mass is 442 g/mol. The predicted octanol–water partition coefficient (Wildman–Crippen LogP) is 1.89. The summed E-state index contributed by atoms with van der Waals surface area (Å²) in [6, 6.07) is 0. The Morgan fingerprint density at radius 2 is 1.96 bits per heavy atom. The van der Waals surface area contributed by atoms with E-state index in [1.54, 1.807) is 13.3 Å². The van der Waals surface area contributed by atoms with Crippen molar-refractivity contribution in [2.45, 2.75) is 39.2 Å². The minimum atomic E-state index is -0.732. The predicted molar refractivity (Wildman–Crippen MR) is 112 cm³/mol. The van der Waals surface area contributed by atoms with Gasteiger partial charge in [-0.1, -0.05) is 13.8 Å². The number of aliphatic imine (C=N–C) groups is 1. The number of methoxy groups -OCH3 is 1. The molecule has 9 heteroatoms. The van der Waals surface area contributed by atoms with Gasteiger partial charge in [0.2, 0.25) is 11.8 Å². The number of ether oxygens (including phenoxy) is 1. The SMILES string of the molecule is CCNC(=NCC(O)(CC)CC)N1CCN(c2ncc(Br)c(OC)n2)CC1. The molecule has 0 saturated carbocycles. The lowest BCUT2D eigenvalue weighted by Gasteiger charge is -2.37. The molecule has 2 rings (SSSR count). The molecule has 0 unspecified atom stereocenters. The topological polar surface area (TPSA) is 86.1 Å². The molecule has 0 aromatic carbocycles. The van der Waals surface area contributed by atoms with Crippen LogP contribution in [0, 0.1) is 0 Å². The zero-order valence-corrected chi connectivity index (χ0v) is 18.3. The molecule has 1 aliphatic rings. The molecule has 0 amide bonds. The standard InChI is InChI=1S/C18H31BrN6O2/c1-5-18(26,6-2)13-22-16(20-7-3)24-8-10-25(11-9-24)17-21-12-14(19)15(23-17)27-4/h12,26H,5-11,13H2,1-4H3,(H,20,22). The summed E-state index contributed by atoms with van der Waals surface area (Å²) < 4.78 is 6.01. The molecule has 0 atom stereocenters. The molecular formula is C18H31BrN6O2. The smallest absolute Gasteiger partial charge is 0.232 e. The number of halogens is 1. The first-order valence-electron chi connectivity index (χ1n) is 9.53. The number of nitrogens with one attached hydrogen (secondary N) is 1. The van der Waals surface area contributed by atoms with Crippen molar-refractivity contribution in [2.24, 2.45) is 4.99 Å². The Morgan fingerprint density at radius 1 is 1.30 bits per heavy atom. The molecule has 1 aromatic heterocycles. The molecule has 2 heterocycles. The molecule has 0 aliphatic carbocycles. The summed E-state index contributed by atoms with van der Waals surface area (Å²) in [5.74, 6) is 2.06. The molecule has 0 bridgehead atoms. The molecule has 27 heavy (non-hydrogen) atoms. The quantitative estimate of drug-likeness (QED) is 0.492. The van der Waals surface area contributed by atoms with Gasteiger partial charge in [0, 0.05) is 32.7 Å². The highest BCUT2D eigenvalue weighted by molar-refractivity contribution is 9.10. The number of aliphatic hydroxyl groups is 1. The van der Waals surface area contributed by atoms with Crippen LogP contribution < -0.4 is 15.0 Å². The minimum absolute atomic E-state index is 0.412. The Labute approximate surface area is 170 Å². The average molecular weight is 443 g/mol. The molecule has 1 aromatic rings. The van der Waals surface area contributed by atoms with Gasteiger partial charge in [-0.05, 0) is 35.7 Å². The van der Waals surface area contributed by atoms with Crippen LogP contribution in [0.15, 0.2) is 15.7 Å². The molecule has 152 valence electrons. The number of piperazine rings is 1. The summed E-state index contributed by atoms with van der Waals surface area (Å²) in [5, 5.41) is 13.9. The lowest BCUT2D eigenvalue weighted by Crippen LogP contribution is -2.53. The molecule has 0 radical (unpaired) electrons. The number of anilines is 1. The van der Waals surface area contributed by atoms with Crippen LogP contribution in [0.5, 0.6) is 5.88 Å². The van der Waals surface area contributed by atoms with Gasteiger partial charge in [-0.2, -0.15) is 4.98 Å². The van der Waals surface area contributed by atoms with Gasteiger partial charge in [-0.25, -0.2) is 4.98 Å². The van der Waals surface area contributed by atoms with Crippen molar-refractivity contribution in [1.82, 2.24) is 20.2 Å². The van der Waals surface area contributed by atoms with E-state index in [1.807, 2.05) is 13.8 Å². The third-order valence-electron chi connectivity index (χ3n) is 4.93. The number of nitrogens with zero attached hydrogens (tertiary/aromatic N) is 5. The van der Waals surface area contributed by atoms with E-state index >= 15 is 0 Å². The average Bonchev–Trinajstić information content (AvgIpc) is 2.71. The van der Waals surface area contributed by atoms with Gasteiger partial charge in [0.25, 0.3) is 0 Å². The molecule has 0 spiro atoms. The van der Waals surface area contributed by atoms with Crippen molar-refractivity contribution in [1.29, 1.82) is 0 Å². The van der Waals surface area contributed by atoms with E-state index in [-0.39, 0.29) is 0 Å². The number of aromatic nitrogens is 2. The zero-order valence-electron chi connectivity index (χ0n) is 16.7. The van der Waals surface area contributed by atoms with E-state index < -0.39 is 5.60 Å². The second-order valence-corrected chi connectivity index (χ2v) is 7.46. The van der Waals surface area contributed by atoms with E-state index in [1.165, 1.54) is 0 Å². The van der Waals surface area contributed by atoms with Gasteiger partial charge in [0.1, 0.15) is 0 Å². The van der Waals surface area contributed by atoms with E-state index in [4.69, 9.17) is 9.73 Å². The first-order chi connectivity index (χ1) is 13.0. The highest BCUT2D eigenvalue weighted by Gasteiger charge is 2.25. The van der Waals surface area contributed by atoms with Crippen LogP contribution in [0.2, 0.25) is 0 Å². The van der Waals surface area contributed by atoms with Crippen LogP contribution in [-0.4, -0.2) is 77.9 Å². The normalized spacial score (nSPS) is 15.9. The Bertz CT molecular complexity index is 630. The third kappa shape index (κ3) is 5.68. The Balaban J connectivity index is 2.03. The lowest BCUT2D eigenvalue weighted by molar-refractivity contribution is 0.0415. The number of hydrogen-bond acceptors (Lipinski definition) is 6. The molecular weight excluding hydrogens is 412 g/mol. The fourth-order valence-electron chi connectivity index (χ4n) is 2.88. The van der Waals surface area contributed by atoms with Crippen LogP contribution in [0.25, 0.3) is 0 Å². The lowest BCUT2D eigenvalue weighted by atomic mass is 9.98. The van der Waals surface area contributed by atoms with Gasteiger partial charge in [-0.3, -0.25) is 4.99 Å². The largest absolute Gasteiger partial charge is 0.480 e. The van der Waals surface area contributed by atoms with Gasteiger partial charge in [0.15, 0.2) is 5.96 Å². The first-order valence-corrected chi connectivity index (χ1v) is 10.3. The van der Waals surface area contributed by atoms with Crippen molar-refractivity contribution in [2.75, 3.05) is 51.3 Å². The number of guanidine groups is 1. The Hall–Kier alpha value is -1.61. The second-order valence-electron chi connectivity index (χ2n) is 6.60. The van der Waals surface area contributed by atoms with Gasteiger partial charge in [0.05, 0.1) is 29.9 Å². The van der Waals surface area contributed by atoms with Crippen LogP contribution >= 0.6 is 15.9 Å². The van der Waals surface area contributed by atoms with Crippen molar-refractivity contribution in [3.63, 3.8) is 0 Å². The Morgan fingerprint density at radius 3 is 2.52 bits per heavy atom. The number of rotatable bonds is 7. The van der Waals surface area contributed by atoms with Crippen LogP contribution in [0.3, 0.4) is 0 Å². The molecule has 1 fully saturated rings. The summed E-state index contributed by atoms with van der Waals surface area (Å²) in [4.78, 5) is 17.9. The highest BCUT2D eigenvalue weighted by Crippen LogP contribution is 2.24. The summed E-state index contributed by atoms with van der Waals surface area (Å²) in [7, 11) is 1.60. The van der Waals surface area contributed by atoms with Crippen molar-refractivity contribution in [3.05, 3.63) is 10.7 Å². The maximum atomic E-state index is 10.5. The summed E-state index contributed by atoms with van der Waals surface area (Å²) in [6.07, 6.45) is 3.11. The zero-order chi connectivity index (χ0) is 19.9. The summed E-state index contributed by atoms with van der Waals surface area (Å²) in [5.41, 5.74) is -0.732. The van der Waals surface area contributed by atoms with E-state index in [9.17, 15) is 5.11 Å². The van der Waals surface area contributed by atoms with Crippen LogP contribution in [0.4, 0.5) is 5.95 Å².